The Morgan fingerprint density at radius 1 is 1.00 bits per heavy atom. The highest BCUT2D eigenvalue weighted by Gasteiger charge is 2.08. The summed E-state index contributed by atoms with van der Waals surface area (Å²) in [5.41, 5.74) is 2.64. The highest BCUT2D eigenvalue weighted by atomic mass is 16.5. The summed E-state index contributed by atoms with van der Waals surface area (Å²) in [5.74, 6) is 1.30. The molecule has 0 aromatic heterocycles. The first kappa shape index (κ1) is 15.8. The second-order valence-corrected chi connectivity index (χ2v) is 4.82. The maximum Gasteiger partial charge on any atom is 0.185 e. The number of aryl methyl sites for hydroxylation is 1. The van der Waals surface area contributed by atoms with Crippen LogP contribution < -0.4 is 9.47 Å². The van der Waals surface area contributed by atoms with Crippen molar-refractivity contribution < 1.29 is 14.3 Å². The second kappa shape index (κ2) is 7.46. The standard InChI is InChI=1S/C19H20O3/c1-4-14-8-10-15(11-9-14)17(20)13-12-16-18(21-2)6-5-7-19(16)22-3/h5-13H,4H2,1-3H3/b13-12+. The van der Waals surface area contributed by atoms with Crippen molar-refractivity contribution in [1.82, 2.24) is 0 Å². The molecule has 0 unspecified atom stereocenters. The SMILES string of the molecule is CCc1ccc(C(=O)/C=C/c2c(OC)cccc2OC)cc1. The number of hydrogen-bond acceptors (Lipinski definition) is 3. The molecule has 0 saturated carbocycles. The fraction of sp³-hybridized carbons (Fsp3) is 0.211. The lowest BCUT2D eigenvalue weighted by Gasteiger charge is -2.09. The van der Waals surface area contributed by atoms with Crippen LogP contribution in [0.5, 0.6) is 11.5 Å². The van der Waals surface area contributed by atoms with Crippen LogP contribution in [0.1, 0.15) is 28.4 Å². The molecule has 2 aromatic carbocycles. The molecule has 2 rings (SSSR count). The third kappa shape index (κ3) is 3.55. The summed E-state index contributed by atoms with van der Waals surface area (Å²) in [6.07, 6.45) is 4.23. The van der Waals surface area contributed by atoms with Crippen molar-refractivity contribution in [2.45, 2.75) is 13.3 Å². The molecule has 0 heterocycles. The van der Waals surface area contributed by atoms with E-state index in [9.17, 15) is 4.79 Å². The minimum atomic E-state index is -0.0457. The van der Waals surface area contributed by atoms with Crippen LogP contribution in [0.2, 0.25) is 0 Å². The normalized spacial score (nSPS) is 10.7. The van der Waals surface area contributed by atoms with Crippen molar-refractivity contribution in [2.24, 2.45) is 0 Å². The number of carbonyl (C=O) groups excluding carboxylic acids is 1. The summed E-state index contributed by atoms with van der Waals surface area (Å²) in [6, 6.07) is 13.2. The van der Waals surface area contributed by atoms with Gasteiger partial charge in [0.2, 0.25) is 0 Å². The van der Waals surface area contributed by atoms with Gasteiger partial charge in [-0.2, -0.15) is 0 Å². The van der Waals surface area contributed by atoms with Crippen molar-refractivity contribution in [3.8, 4) is 11.5 Å². The first-order chi connectivity index (χ1) is 10.7. The Bertz CT molecular complexity index is 647. The zero-order chi connectivity index (χ0) is 15.9. The van der Waals surface area contributed by atoms with E-state index in [0.29, 0.717) is 17.1 Å². The van der Waals surface area contributed by atoms with E-state index in [-0.39, 0.29) is 5.78 Å². The van der Waals surface area contributed by atoms with Crippen LogP contribution in [0.25, 0.3) is 6.08 Å². The number of benzene rings is 2. The molecular weight excluding hydrogens is 276 g/mol. The summed E-state index contributed by atoms with van der Waals surface area (Å²) in [4.78, 5) is 12.2. The number of ether oxygens (including phenoxy) is 2. The average molecular weight is 296 g/mol. The van der Waals surface area contributed by atoms with Gasteiger partial charge < -0.3 is 9.47 Å². The Morgan fingerprint density at radius 2 is 1.59 bits per heavy atom. The highest BCUT2D eigenvalue weighted by molar-refractivity contribution is 6.07. The summed E-state index contributed by atoms with van der Waals surface area (Å²) in [5, 5.41) is 0. The van der Waals surface area contributed by atoms with Crippen molar-refractivity contribution >= 4 is 11.9 Å². The van der Waals surface area contributed by atoms with Crippen LogP contribution in [0.4, 0.5) is 0 Å². The number of methoxy groups -OCH3 is 2. The second-order valence-electron chi connectivity index (χ2n) is 4.82. The van der Waals surface area contributed by atoms with E-state index in [1.165, 1.54) is 5.56 Å². The Morgan fingerprint density at radius 3 is 2.09 bits per heavy atom. The fourth-order valence-electron chi connectivity index (χ4n) is 2.20. The zero-order valence-electron chi connectivity index (χ0n) is 13.1. The van der Waals surface area contributed by atoms with Crippen LogP contribution in [0, 0.1) is 0 Å². The first-order valence-electron chi connectivity index (χ1n) is 7.22. The van der Waals surface area contributed by atoms with Gasteiger partial charge in [-0.1, -0.05) is 37.3 Å². The minimum Gasteiger partial charge on any atom is -0.496 e. The molecule has 3 nitrogen and oxygen atoms in total. The van der Waals surface area contributed by atoms with Gasteiger partial charge in [-0.3, -0.25) is 4.79 Å². The third-order valence-corrected chi connectivity index (χ3v) is 3.51. The molecule has 2 aromatic rings. The monoisotopic (exact) mass is 296 g/mol. The van der Waals surface area contributed by atoms with Gasteiger partial charge in [-0.05, 0) is 36.3 Å². The topological polar surface area (TPSA) is 35.5 Å². The number of hydrogen-bond donors (Lipinski definition) is 0. The van der Waals surface area contributed by atoms with Crippen molar-refractivity contribution in [1.29, 1.82) is 0 Å². The van der Waals surface area contributed by atoms with Gasteiger partial charge in [0.15, 0.2) is 5.78 Å². The molecule has 0 aliphatic rings. The summed E-state index contributed by atoms with van der Waals surface area (Å²) < 4.78 is 10.6. The molecule has 0 amide bonds. The zero-order valence-corrected chi connectivity index (χ0v) is 13.1. The quantitative estimate of drug-likeness (QED) is 0.593. The van der Waals surface area contributed by atoms with Crippen LogP contribution in [-0.4, -0.2) is 20.0 Å². The van der Waals surface area contributed by atoms with E-state index in [2.05, 4.69) is 6.92 Å². The number of carbonyl (C=O) groups is 1. The van der Waals surface area contributed by atoms with E-state index in [4.69, 9.17) is 9.47 Å². The number of allylic oxidation sites excluding steroid dienone is 1. The Kier molecular flexibility index (Phi) is 5.37. The van der Waals surface area contributed by atoms with Crippen molar-refractivity contribution in [3.05, 3.63) is 65.2 Å². The number of rotatable bonds is 6. The fourth-order valence-corrected chi connectivity index (χ4v) is 2.20. The van der Waals surface area contributed by atoms with Crippen LogP contribution in [0.3, 0.4) is 0 Å². The highest BCUT2D eigenvalue weighted by Crippen LogP contribution is 2.29. The van der Waals surface area contributed by atoms with Crippen LogP contribution >= 0.6 is 0 Å². The molecule has 0 saturated heterocycles. The van der Waals surface area contributed by atoms with E-state index in [1.54, 1.807) is 26.4 Å². The minimum absolute atomic E-state index is 0.0457. The van der Waals surface area contributed by atoms with E-state index in [1.807, 2.05) is 42.5 Å². The molecule has 0 bridgehead atoms. The number of ketones is 1. The lowest BCUT2D eigenvalue weighted by molar-refractivity contribution is 0.104. The van der Waals surface area contributed by atoms with Gasteiger partial charge in [0.1, 0.15) is 11.5 Å². The van der Waals surface area contributed by atoms with Gasteiger partial charge >= 0.3 is 0 Å². The lowest BCUT2D eigenvalue weighted by Crippen LogP contribution is -1.96. The third-order valence-electron chi connectivity index (χ3n) is 3.51. The molecule has 0 fully saturated rings. The summed E-state index contributed by atoms with van der Waals surface area (Å²) in [7, 11) is 3.19. The van der Waals surface area contributed by atoms with E-state index in [0.717, 1.165) is 12.0 Å². The van der Waals surface area contributed by atoms with Crippen molar-refractivity contribution in [2.75, 3.05) is 14.2 Å². The maximum atomic E-state index is 12.2. The lowest BCUT2D eigenvalue weighted by atomic mass is 10.1. The van der Waals surface area contributed by atoms with E-state index < -0.39 is 0 Å². The van der Waals surface area contributed by atoms with Crippen molar-refractivity contribution in [3.63, 3.8) is 0 Å². The Hall–Kier alpha value is -2.55. The first-order valence-corrected chi connectivity index (χ1v) is 7.22. The maximum absolute atomic E-state index is 12.2. The molecular formula is C19H20O3. The van der Waals surface area contributed by atoms with Crippen LogP contribution in [0.15, 0.2) is 48.5 Å². The molecule has 22 heavy (non-hydrogen) atoms. The van der Waals surface area contributed by atoms with Gasteiger partial charge in [0.25, 0.3) is 0 Å². The predicted molar refractivity (Wildman–Crippen MR) is 88.7 cm³/mol. The van der Waals surface area contributed by atoms with Gasteiger partial charge in [0, 0.05) is 5.56 Å². The molecule has 0 aliphatic carbocycles. The predicted octanol–water partition coefficient (Wildman–Crippen LogP) is 4.16. The molecule has 0 spiro atoms. The molecule has 0 radical (unpaired) electrons. The van der Waals surface area contributed by atoms with Gasteiger partial charge in [-0.15, -0.1) is 0 Å². The van der Waals surface area contributed by atoms with E-state index >= 15 is 0 Å². The molecule has 0 atom stereocenters. The summed E-state index contributed by atoms with van der Waals surface area (Å²) in [6.45, 7) is 2.09. The molecule has 114 valence electrons. The molecule has 0 aliphatic heterocycles. The molecule has 0 N–H and O–H groups in total. The van der Waals surface area contributed by atoms with Crippen LogP contribution in [-0.2, 0) is 6.42 Å². The Balaban J connectivity index is 2.25. The largest absolute Gasteiger partial charge is 0.496 e. The average Bonchev–Trinajstić information content (AvgIpc) is 2.59. The van der Waals surface area contributed by atoms with Gasteiger partial charge in [-0.25, -0.2) is 0 Å². The summed E-state index contributed by atoms with van der Waals surface area (Å²) >= 11 is 0. The Labute approximate surface area is 131 Å². The smallest absolute Gasteiger partial charge is 0.185 e. The van der Waals surface area contributed by atoms with Gasteiger partial charge in [0.05, 0.1) is 19.8 Å². The molecule has 3 heteroatoms.